The van der Waals surface area contributed by atoms with Crippen molar-refractivity contribution in [1.29, 1.82) is 0 Å². The molecule has 0 saturated carbocycles. The number of sulfonamides is 1. The van der Waals surface area contributed by atoms with Gasteiger partial charge in [-0.2, -0.15) is 4.31 Å². The molecule has 0 bridgehead atoms. The minimum atomic E-state index is -3.92. The quantitative estimate of drug-likeness (QED) is 0.465. The summed E-state index contributed by atoms with van der Waals surface area (Å²) in [5.41, 5.74) is 2.80. The van der Waals surface area contributed by atoms with Crippen LogP contribution in [0.5, 0.6) is 5.75 Å². The van der Waals surface area contributed by atoms with E-state index in [0.717, 1.165) is 37.2 Å². The third-order valence-electron chi connectivity index (χ3n) is 6.20. The summed E-state index contributed by atoms with van der Waals surface area (Å²) in [6.07, 6.45) is 2.25. The van der Waals surface area contributed by atoms with Crippen molar-refractivity contribution in [3.8, 4) is 5.75 Å². The van der Waals surface area contributed by atoms with Gasteiger partial charge >= 0.3 is 0 Å². The van der Waals surface area contributed by atoms with Gasteiger partial charge in [-0.25, -0.2) is 8.42 Å². The fourth-order valence-corrected chi connectivity index (χ4v) is 5.94. The number of ether oxygens (including phenoxy) is 1. The van der Waals surface area contributed by atoms with Crippen LogP contribution in [0.15, 0.2) is 77.7 Å². The Hall–Kier alpha value is -3.36. The van der Waals surface area contributed by atoms with E-state index < -0.39 is 10.0 Å². The molecule has 0 aliphatic carbocycles. The number of hydrogen-bond acceptors (Lipinski definition) is 5. The molecule has 1 saturated heterocycles. The van der Waals surface area contributed by atoms with E-state index in [1.165, 1.54) is 23.5 Å². The van der Waals surface area contributed by atoms with Crippen molar-refractivity contribution in [1.82, 2.24) is 4.31 Å². The van der Waals surface area contributed by atoms with E-state index in [1.807, 2.05) is 54.6 Å². The summed E-state index contributed by atoms with van der Waals surface area (Å²) in [4.78, 5) is 15.4. The van der Waals surface area contributed by atoms with E-state index in [0.29, 0.717) is 5.69 Å². The molecule has 0 spiro atoms. The smallest absolute Gasteiger partial charge is 0.255 e. The third-order valence-corrected chi connectivity index (χ3v) is 8.14. The Bertz CT molecular complexity index is 1270. The van der Waals surface area contributed by atoms with E-state index in [1.54, 1.807) is 13.0 Å². The molecule has 1 N–H and O–H groups in total. The van der Waals surface area contributed by atoms with Crippen LogP contribution >= 0.6 is 0 Å². The Labute approximate surface area is 207 Å². The fourth-order valence-electron chi connectivity index (χ4n) is 4.32. The number of carbonyl (C=O) groups excluding carboxylic acids is 1. The number of carbonyl (C=O) groups is 1. The summed E-state index contributed by atoms with van der Waals surface area (Å²) in [6.45, 7) is 4.19. The second-order valence-corrected chi connectivity index (χ2v) is 10.4. The molecule has 4 rings (SSSR count). The Balaban J connectivity index is 1.63. The fraction of sp³-hybridized carbons (Fsp3) is 0.296. The van der Waals surface area contributed by atoms with Gasteiger partial charge in [-0.3, -0.25) is 4.79 Å². The van der Waals surface area contributed by atoms with E-state index in [9.17, 15) is 13.2 Å². The first-order chi connectivity index (χ1) is 16.9. The maximum atomic E-state index is 13.6. The van der Waals surface area contributed by atoms with Crippen LogP contribution < -0.4 is 15.0 Å². The molecule has 1 fully saturated rings. The average Bonchev–Trinajstić information content (AvgIpc) is 3.42. The van der Waals surface area contributed by atoms with Gasteiger partial charge in [-0.05, 0) is 48.7 Å². The van der Waals surface area contributed by atoms with Gasteiger partial charge in [0.05, 0.1) is 18.5 Å². The number of para-hydroxylation sites is 2. The largest absolute Gasteiger partial charge is 0.495 e. The van der Waals surface area contributed by atoms with E-state index in [-0.39, 0.29) is 35.2 Å². The minimum absolute atomic E-state index is 0.0294. The Morgan fingerprint density at radius 3 is 2.37 bits per heavy atom. The molecule has 3 aromatic carbocycles. The molecule has 1 amide bonds. The number of nitrogens with zero attached hydrogens (tertiary/aromatic N) is 2. The Kier molecular flexibility index (Phi) is 7.73. The highest BCUT2D eigenvalue weighted by Gasteiger charge is 2.28. The molecule has 1 aliphatic heterocycles. The monoisotopic (exact) mass is 493 g/mol. The number of anilines is 2. The first kappa shape index (κ1) is 24.8. The maximum Gasteiger partial charge on any atom is 0.255 e. The van der Waals surface area contributed by atoms with Crippen LogP contribution in [0.2, 0.25) is 0 Å². The van der Waals surface area contributed by atoms with Gasteiger partial charge < -0.3 is 15.0 Å². The number of benzene rings is 3. The van der Waals surface area contributed by atoms with E-state index >= 15 is 0 Å². The zero-order valence-electron chi connectivity index (χ0n) is 20.1. The summed E-state index contributed by atoms with van der Waals surface area (Å²) < 4.78 is 34.0. The normalized spacial score (nSPS) is 13.7. The SMILES string of the molecule is CCN(Cc1ccccc1)S(=O)(=O)c1cc(C(=O)Nc2ccccc2N2CCCC2)ccc1OC. The standard InChI is InChI=1S/C27H31N3O4S/c1-3-30(20-21-11-5-4-6-12-21)35(32,33)26-19-22(15-16-25(26)34-2)27(31)28-23-13-7-8-14-24(23)29-17-9-10-18-29/h4-8,11-16,19H,3,9-10,17-18,20H2,1-2H3,(H,28,31). The van der Waals surface area contributed by atoms with Gasteiger partial charge in [0.25, 0.3) is 5.91 Å². The van der Waals surface area contributed by atoms with E-state index in [4.69, 9.17) is 4.74 Å². The van der Waals surface area contributed by atoms with Crippen LogP contribution in [0.4, 0.5) is 11.4 Å². The number of amides is 1. The van der Waals surface area contributed by atoms with Crippen LogP contribution in [0.1, 0.15) is 35.7 Å². The lowest BCUT2D eigenvalue weighted by atomic mass is 10.2. The summed E-state index contributed by atoms with van der Waals surface area (Å²) >= 11 is 0. The summed E-state index contributed by atoms with van der Waals surface area (Å²) in [5, 5.41) is 2.97. The second-order valence-electron chi connectivity index (χ2n) is 8.45. The van der Waals surface area contributed by atoms with Crippen molar-refractivity contribution in [2.24, 2.45) is 0 Å². The molecule has 0 aromatic heterocycles. The highest BCUT2D eigenvalue weighted by Crippen LogP contribution is 2.31. The van der Waals surface area contributed by atoms with Gasteiger partial charge in [-0.15, -0.1) is 0 Å². The predicted octanol–water partition coefficient (Wildman–Crippen LogP) is 4.76. The van der Waals surface area contributed by atoms with Crippen LogP contribution in [-0.2, 0) is 16.6 Å². The minimum Gasteiger partial charge on any atom is -0.495 e. The molecule has 3 aromatic rings. The molecule has 7 nitrogen and oxygen atoms in total. The van der Waals surface area contributed by atoms with Crippen molar-refractivity contribution >= 4 is 27.3 Å². The van der Waals surface area contributed by atoms with Crippen molar-refractivity contribution < 1.29 is 17.9 Å². The summed E-state index contributed by atoms with van der Waals surface area (Å²) in [6, 6.07) is 21.6. The van der Waals surface area contributed by atoms with Gasteiger partial charge in [0.1, 0.15) is 10.6 Å². The Morgan fingerprint density at radius 2 is 1.69 bits per heavy atom. The second kappa shape index (κ2) is 10.9. The molecule has 35 heavy (non-hydrogen) atoms. The molecule has 1 aliphatic rings. The van der Waals surface area contributed by atoms with Gasteiger partial charge in [0, 0.05) is 31.7 Å². The first-order valence-corrected chi connectivity index (χ1v) is 13.3. The molecule has 0 unspecified atom stereocenters. The third kappa shape index (κ3) is 5.49. The zero-order valence-corrected chi connectivity index (χ0v) is 20.9. The van der Waals surface area contributed by atoms with E-state index in [2.05, 4.69) is 10.2 Å². The molecular formula is C27H31N3O4S. The van der Waals surface area contributed by atoms with Crippen molar-refractivity contribution in [2.45, 2.75) is 31.2 Å². The summed E-state index contributed by atoms with van der Waals surface area (Å²) in [5.74, 6) is -0.174. The van der Waals surface area contributed by atoms with Crippen LogP contribution in [0.25, 0.3) is 0 Å². The molecular weight excluding hydrogens is 462 g/mol. The molecule has 0 radical (unpaired) electrons. The molecule has 0 atom stereocenters. The van der Waals surface area contributed by atoms with Gasteiger partial charge in [0.2, 0.25) is 10.0 Å². The highest BCUT2D eigenvalue weighted by atomic mass is 32.2. The van der Waals surface area contributed by atoms with Crippen LogP contribution in [0, 0.1) is 0 Å². The first-order valence-electron chi connectivity index (χ1n) is 11.8. The van der Waals surface area contributed by atoms with Crippen molar-refractivity contribution in [2.75, 3.05) is 37.0 Å². The van der Waals surface area contributed by atoms with Gasteiger partial charge in [0.15, 0.2) is 0 Å². The topological polar surface area (TPSA) is 79.0 Å². The predicted molar refractivity (Wildman–Crippen MR) is 139 cm³/mol. The average molecular weight is 494 g/mol. The zero-order chi connectivity index (χ0) is 24.8. The highest BCUT2D eigenvalue weighted by molar-refractivity contribution is 7.89. The number of rotatable bonds is 9. The lowest BCUT2D eigenvalue weighted by molar-refractivity contribution is 0.102. The van der Waals surface area contributed by atoms with Crippen molar-refractivity contribution in [3.05, 3.63) is 83.9 Å². The van der Waals surface area contributed by atoms with Gasteiger partial charge in [-0.1, -0.05) is 49.4 Å². The van der Waals surface area contributed by atoms with Crippen molar-refractivity contribution in [3.63, 3.8) is 0 Å². The molecule has 184 valence electrons. The number of hydrogen-bond donors (Lipinski definition) is 1. The van der Waals surface area contributed by atoms with Crippen LogP contribution in [-0.4, -0.2) is 45.4 Å². The molecule has 8 heteroatoms. The maximum absolute atomic E-state index is 13.6. The number of nitrogens with one attached hydrogen (secondary N) is 1. The van der Waals surface area contributed by atoms with Crippen LogP contribution in [0.3, 0.4) is 0 Å². The summed E-state index contributed by atoms with van der Waals surface area (Å²) in [7, 11) is -2.50. The number of methoxy groups -OCH3 is 1. The molecule has 1 heterocycles. The Morgan fingerprint density at radius 1 is 1.00 bits per heavy atom. The lowest BCUT2D eigenvalue weighted by Gasteiger charge is -2.23. The lowest BCUT2D eigenvalue weighted by Crippen LogP contribution is -2.31.